The van der Waals surface area contributed by atoms with E-state index < -0.39 is 30.7 Å². The molecule has 0 bridgehead atoms. The van der Waals surface area contributed by atoms with E-state index in [1.54, 1.807) is 6.92 Å². The van der Waals surface area contributed by atoms with Gasteiger partial charge in [-0.15, -0.1) is 0 Å². The third kappa shape index (κ3) is 4.66. The van der Waals surface area contributed by atoms with E-state index in [4.69, 9.17) is 14.2 Å². The van der Waals surface area contributed by atoms with E-state index in [0.717, 1.165) is 11.1 Å². The van der Waals surface area contributed by atoms with Gasteiger partial charge in [0.2, 0.25) is 0 Å². The second-order valence-electron chi connectivity index (χ2n) is 6.24. The summed E-state index contributed by atoms with van der Waals surface area (Å²) in [6.45, 7) is 2.34. The summed E-state index contributed by atoms with van der Waals surface area (Å²) in [4.78, 5) is 0. The van der Waals surface area contributed by atoms with Crippen LogP contribution < -0.4 is 0 Å². The molecule has 5 heteroatoms. The Morgan fingerprint density at radius 3 is 1.80 bits per heavy atom. The smallest absolute Gasteiger partial charge is 0.184 e. The number of benzene rings is 2. The maximum Gasteiger partial charge on any atom is 0.184 e. The van der Waals surface area contributed by atoms with E-state index >= 15 is 0 Å². The van der Waals surface area contributed by atoms with Gasteiger partial charge in [0.25, 0.3) is 0 Å². The van der Waals surface area contributed by atoms with Crippen LogP contribution in [0.4, 0.5) is 0 Å². The second kappa shape index (κ2) is 8.56. The number of hydrogen-bond acceptors (Lipinski definition) is 5. The fourth-order valence-corrected chi connectivity index (χ4v) is 2.91. The van der Waals surface area contributed by atoms with Crippen LogP contribution in [0.3, 0.4) is 0 Å². The van der Waals surface area contributed by atoms with Gasteiger partial charge in [0.05, 0.1) is 19.3 Å². The van der Waals surface area contributed by atoms with Crippen LogP contribution >= 0.6 is 0 Å². The Kier molecular flexibility index (Phi) is 6.18. The summed E-state index contributed by atoms with van der Waals surface area (Å²) >= 11 is 0. The average molecular weight is 344 g/mol. The van der Waals surface area contributed by atoms with Crippen LogP contribution in [-0.4, -0.2) is 40.9 Å². The minimum absolute atomic E-state index is 0.304. The molecule has 1 aliphatic rings. The van der Waals surface area contributed by atoms with Crippen LogP contribution in [0.2, 0.25) is 0 Å². The van der Waals surface area contributed by atoms with Crippen molar-refractivity contribution in [3.05, 3.63) is 71.8 Å². The van der Waals surface area contributed by atoms with Gasteiger partial charge in [0, 0.05) is 0 Å². The van der Waals surface area contributed by atoms with Gasteiger partial charge in [-0.25, -0.2) is 0 Å². The van der Waals surface area contributed by atoms with Crippen LogP contribution in [0.5, 0.6) is 0 Å². The molecule has 5 nitrogen and oxygen atoms in total. The molecule has 3 rings (SSSR count). The van der Waals surface area contributed by atoms with E-state index in [2.05, 4.69) is 0 Å². The molecular weight excluding hydrogens is 320 g/mol. The van der Waals surface area contributed by atoms with E-state index in [-0.39, 0.29) is 0 Å². The molecule has 134 valence electrons. The first-order chi connectivity index (χ1) is 12.1. The first-order valence-corrected chi connectivity index (χ1v) is 8.48. The number of rotatable bonds is 6. The van der Waals surface area contributed by atoms with Crippen LogP contribution in [0.1, 0.15) is 18.1 Å². The predicted octanol–water partition coefficient (Wildman–Crippen LogP) is 2.26. The highest BCUT2D eigenvalue weighted by Gasteiger charge is 2.44. The molecule has 1 aliphatic heterocycles. The van der Waals surface area contributed by atoms with Crippen molar-refractivity contribution < 1.29 is 24.4 Å². The zero-order valence-electron chi connectivity index (χ0n) is 14.2. The zero-order valence-corrected chi connectivity index (χ0v) is 14.2. The molecule has 5 atom stereocenters. The maximum atomic E-state index is 10.5. The van der Waals surface area contributed by atoms with E-state index in [1.165, 1.54) is 0 Å². The lowest BCUT2D eigenvalue weighted by atomic mass is 9.99. The van der Waals surface area contributed by atoms with Crippen molar-refractivity contribution in [2.24, 2.45) is 0 Å². The van der Waals surface area contributed by atoms with Crippen LogP contribution in [0, 0.1) is 0 Å². The van der Waals surface area contributed by atoms with Gasteiger partial charge in [0.1, 0.15) is 18.3 Å². The SMILES string of the molecule is C[C@@H]1O[C@H](O)[C@@H](OCc2ccccc2)[C@H](OCc2ccccc2)[C@@H]1O. The van der Waals surface area contributed by atoms with E-state index in [0.29, 0.717) is 13.2 Å². The minimum Gasteiger partial charge on any atom is -0.388 e. The molecule has 0 aliphatic carbocycles. The lowest BCUT2D eigenvalue weighted by Gasteiger charge is -2.41. The van der Waals surface area contributed by atoms with Gasteiger partial charge < -0.3 is 24.4 Å². The molecule has 0 radical (unpaired) electrons. The van der Waals surface area contributed by atoms with Gasteiger partial charge in [-0.3, -0.25) is 0 Å². The van der Waals surface area contributed by atoms with E-state index in [9.17, 15) is 10.2 Å². The Bertz CT molecular complexity index is 633. The summed E-state index contributed by atoms with van der Waals surface area (Å²) in [6.07, 6.45) is -4.01. The van der Waals surface area contributed by atoms with Crippen LogP contribution in [0.25, 0.3) is 0 Å². The monoisotopic (exact) mass is 344 g/mol. The molecule has 1 saturated heterocycles. The molecule has 0 unspecified atom stereocenters. The molecule has 2 N–H and O–H groups in total. The second-order valence-corrected chi connectivity index (χ2v) is 6.24. The Balaban J connectivity index is 1.67. The predicted molar refractivity (Wildman–Crippen MR) is 92.6 cm³/mol. The Morgan fingerprint density at radius 2 is 1.28 bits per heavy atom. The third-order valence-electron chi connectivity index (χ3n) is 4.35. The quantitative estimate of drug-likeness (QED) is 0.841. The van der Waals surface area contributed by atoms with Crippen molar-refractivity contribution >= 4 is 0 Å². The fourth-order valence-electron chi connectivity index (χ4n) is 2.91. The normalized spacial score (nSPS) is 29.5. The Hall–Kier alpha value is -1.76. The van der Waals surface area contributed by atoms with Gasteiger partial charge in [-0.2, -0.15) is 0 Å². The Labute approximate surface area is 147 Å². The molecule has 0 spiro atoms. The minimum atomic E-state index is -1.15. The number of aliphatic hydroxyl groups excluding tert-OH is 2. The Morgan fingerprint density at radius 1 is 0.800 bits per heavy atom. The van der Waals surface area contributed by atoms with E-state index in [1.807, 2.05) is 60.7 Å². The highest BCUT2D eigenvalue weighted by molar-refractivity contribution is 5.14. The molecule has 0 saturated carbocycles. The third-order valence-corrected chi connectivity index (χ3v) is 4.35. The van der Waals surface area contributed by atoms with Crippen LogP contribution in [-0.2, 0) is 27.4 Å². The average Bonchev–Trinajstić information content (AvgIpc) is 2.64. The summed E-state index contributed by atoms with van der Waals surface area (Å²) in [7, 11) is 0. The van der Waals surface area contributed by atoms with Gasteiger partial charge in [0.15, 0.2) is 6.29 Å². The van der Waals surface area contributed by atoms with Gasteiger partial charge >= 0.3 is 0 Å². The number of ether oxygens (including phenoxy) is 3. The van der Waals surface area contributed by atoms with Crippen molar-refractivity contribution in [2.45, 2.75) is 50.8 Å². The van der Waals surface area contributed by atoms with Gasteiger partial charge in [-0.1, -0.05) is 60.7 Å². The van der Waals surface area contributed by atoms with Crippen molar-refractivity contribution in [1.29, 1.82) is 0 Å². The largest absolute Gasteiger partial charge is 0.388 e. The molecule has 0 amide bonds. The van der Waals surface area contributed by atoms with Gasteiger partial charge in [-0.05, 0) is 18.1 Å². The molecule has 0 aromatic heterocycles. The first kappa shape index (κ1) is 18.0. The van der Waals surface area contributed by atoms with Crippen LogP contribution in [0.15, 0.2) is 60.7 Å². The zero-order chi connectivity index (χ0) is 17.6. The number of aliphatic hydroxyl groups is 2. The van der Waals surface area contributed by atoms with Crippen molar-refractivity contribution in [1.82, 2.24) is 0 Å². The highest BCUT2D eigenvalue weighted by Crippen LogP contribution is 2.26. The lowest BCUT2D eigenvalue weighted by Crippen LogP contribution is -2.58. The van der Waals surface area contributed by atoms with Crippen molar-refractivity contribution in [3.63, 3.8) is 0 Å². The summed E-state index contributed by atoms with van der Waals surface area (Å²) in [5, 5.41) is 20.7. The van der Waals surface area contributed by atoms with Crippen molar-refractivity contribution in [2.75, 3.05) is 0 Å². The standard InChI is InChI=1S/C20H24O5/c1-14-17(21)18(23-12-15-8-4-2-5-9-15)19(20(22)25-14)24-13-16-10-6-3-7-11-16/h2-11,14,17-22H,12-13H2,1H3/t14-,17+,18+,19-,20-/m0/s1. The summed E-state index contributed by atoms with van der Waals surface area (Å²) in [6, 6.07) is 19.4. The molecule has 25 heavy (non-hydrogen) atoms. The molecule has 2 aromatic rings. The maximum absolute atomic E-state index is 10.5. The number of hydrogen-bond donors (Lipinski definition) is 2. The molecule has 1 fully saturated rings. The molecule has 2 aromatic carbocycles. The van der Waals surface area contributed by atoms with Crippen molar-refractivity contribution in [3.8, 4) is 0 Å². The summed E-state index contributed by atoms with van der Waals surface area (Å²) in [5.41, 5.74) is 1.97. The highest BCUT2D eigenvalue weighted by atomic mass is 16.7. The molecular formula is C20H24O5. The summed E-state index contributed by atoms with van der Waals surface area (Å²) in [5.74, 6) is 0. The molecule has 1 heterocycles. The lowest BCUT2D eigenvalue weighted by molar-refractivity contribution is -0.300. The fraction of sp³-hybridized carbons (Fsp3) is 0.400. The first-order valence-electron chi connectivity index (χ1n) is 8.48. The summed E-state index contributed by atoms with van der Waals surface area (Å²) < 4.78 is 17.1. The topological polar surface area (TPSA) is 68.2 Å².